The Morgan fingerprint density at radius 3 is 2.43 bits per heavy atom. The Hall–Kier alpha value is -1.84. The quantitative estimate of drug-likeness (QED) is 0.802. The summed E-state index contributed by atoms with van der Waals surface area (Å²) in [4.78, 5) is 27.6. The molecule has 1 aliphatic heterocycles. The fourth-order valence-corrected chi connectivity index (χ4v) is 4.18. The van der Waals surface area contributed by atoms with Crippen molar-refractivity contribution in [2.45, 2.75) is 53.1 Å². The van der Waals surface area contributed by atoms with Crippen LogP contribution >= 0.6 is 0 Å². The van der Waals surface area contributed by atoms with E-state index in [1.165, 1.54) is 0 Å². The molecule has 1 aromatic rings. The van der Waals surface area contributed by atoms with Crippen molar-refractivity contribution in [1.29, 1.82) is 0 Å². The molecule has 2 atom stereocenters. The minimum atomic E-state index is -1.04. The number of rotatable bonds is 3. The third-order valence-electron chi connectivity index (χ3n) is 6.30. The Kier molecular flexibility index (Phi) is 3.36. The summed E-state index contributed by atoms with van der Waals surface area (Å²) < 4.78 is 5.73. The van der Waals surface area contributed by atoms with Crippen LogP contribution in [0.2, 0.25) is 0 Å². The molecule has 4 nitrogen and oxygen atoms in total. The fraction of sp³-hybridized carbons (Fsp3) is 0.579. The average Bonchev–Trinajstić information content (AvgIpc) is 2.78. The number of amides is 1. The van der Waals surface area contributed by atoms with Crippen LogP contribution in [0.25, 0.3) is 0 Å². The lowest BCUT2D eigenvalue weighted by Crippen LogP contribution is -2.55. The molecule has 1 saturated carbocycles. The number of nitrogens with zero attached hydrogens (tertiary/aromatic N) is 1. The summed E-state index contributed by atoms with van der Waals surface area (Å²) in [5.41, 5.74) is -0.164. The number of hydrogen-bond donors (Lipinski definition) is 0. The second-order valence-electron chi connectivity index (χ2n) is 7.56. The topological polar surface area (TPSA) is 46.6 Å². The van der Waals surface area contributed by atoms with Gasteiger partial charge in [-0.25, -0.2) is 0 Å². The summed E-state index contributed by atoms with van der Waals surface area (Å²) >= 11 is 0. The van der Waals surface area contributed by atoms with Crippen molar-refractivity contribution in [3.05, 3.63) is 29.8 Å². The first-order chi connectivity index (χ1) is 10.7. The molecule has 2 fully saturated rings. The molecule has 23 heavy (non-hydrogen) atoms. The van der Waals surface area contributed by atoms with Crippen molar-refractivity contribution < 1.29 is 14.3 Å². The van der Waals surface area contributed by atoms with Gasteiger partial charge in [0.15, 0.2) is 5.60 Å². The lowest BCUT2D eigenvalue weighted by atomic mass is 9.66. The first kappa shape index (κ1) is 16.0. The van der Waals surface area contributed by atoms with Gasteiger partial charge < -0.3 is 9.64 Å². The maximum absolute atomic E-state index is 13.4. The molecule has 1 aliphatic carbocycles. The number of esters is 1. The second-order valence-corrected chi connectivity index (χ2v) is 7.56. The van der Waals surface area contributed by atoms with Gasteiger partial charge in [-0.2, -0.15) is 0 Å². The molecular formula is C19H25NO3. The van der Waals surface area contributed by atoms with Gasteiger partial charge in [-0.1, -0.05) is 26.0 Å². The predicted molar refractivity (Wildman–Crippen MR) is 89.2 cm³/mol. The third kappa shape index (κ3) is 1.84. The summed E-state index contributed by atoms with van der Waals surface area (Å²) in [5.74, 6) is -0.326. The Morgan fingerprint density at radius 2 is 1.96 bits per heavy atom. The largest absolute Gasteiger partial charge is 0.448 e. The summed E-state index contributed by atoms with van der Waals surface area (Å²) in [7, 11) is 0. The number of benzene rings is 1. The van der Waals surface area contributed by atoms with Gasteiger partial charge in [-0.05, 0) is 51.3 Å². The van der Waals surface area contributed by atoms with E-state index in [-0.39, 0.29) is 11.9 Å². The average molecular weight is 315 g/mol. The highest BCUT2D eigenvalue weighted by Crippen LogP contribution is 2.66. The smallest absolute Gasteiger partial charge is 0.313 e. The molecule has 0 unspecified atom stereocenters. The standard InChI is InChI=1S/C19H25NO3/c1-6-20(14-9-7-8-13(2)12-14)15(21)19-11-10-18(5,16(22)23-19)17(19,3)4/h7-9,12H,6,10-11H2,1-5H3/t18-,19-/m1/s1. The van der Waals surface area contributed by atoms with Gasteiger partial charge in [0, 0.05) is 17.6 Å². The molecule has 4 heteroatoms. The van der Waals surface area contributed by atoms with E-state index in [1.807, 2.05) is 58.9 Å². The first-order valence-corrected chi connectivity index (χ1v) is 8.32. The fourth-order valence-electron chi connectivity index (χ4n) is 4.18. The summed E-state index contributed by atoms with van der Waals surface area (Å²) in [6, 6.07) is 7.88. The Labute approximate surface area is 137 Å². The van der Waals surface area contributed by atoms with E-state index in [2.05, 4.69) is 0 Å². The molecule has 1 amide bonds. The van der Waals surface area contributed by atoms with Gasteiger partial charge >= 0.3 is 5.97 Å². The normalized spacial score (nSPS) is 31.1. The van der Waals surface area contributed by atoms with E-state index in [0.717, 1.165) is 11.3 Å². The lowest BCUT2D eigenvalue weighted by molar-refractivity contribution is -0.167. The van der Waals surface area contributed by atoms with Crippen LogP contribution in [-0.2, 0) is 14.3 Å². The number of carbonyl (C=O) groups excluding carboxylic acids is 2. The van der Waals surface area contributed by atoms with Gasteiger partial charge in [0.05, 0.1) is 5.41 Å². The molecule has 0 N–H and O–H groups in total. The number of aryl methyl sites for hydroxylation is 1. The molecule has 2 aliphatic rings. The van der Waals surface area contributed by atoms with Gasteiger partial charge in [0.2, 0.25) is 0 Å². The van der Waals surface area contributed by atoms with Crippen molar-refractivity contribution in [2.24, 2.45) is 10.8 Å². The molecule has 2 bridgehead atoms. The zero-order valence-electron chi connectivity index (χ0n) is 14.6. The number of ether oxygens (including phenoxy) is 1. The van der Waals surface area contributed by atoms with E-state index in [9.17, 15) is 9.59 Å². The van der Waals surface area contributed by atoms with E-state index >= 15 is 0 Å². The highest BCUT2D eigenvalue weighted by molar-refractivity contribution is 6.04. The zero-order valence-corrected chi connectivity index (χ0v) is 14.6. The van der Waals surface area contributed by atoms with Crippen molar-refractivity contribution in [1.82, 2.24) is 0 Å². The van der Waals surface area contributed by atoms with Crippen LogP contribution in [0.1, 0.15) is 46.1 Å². The minimum absolute atomic E-state index is 0.0924. The maximum Gasteiger partial charge on any atom is 0.313 e. The third-order valence-corrected chi connectivity index (χ3v) is 6.30. The SMILES string of the molecule is CCN(C(=O)[C@@]12CC[C@](C)(C(=O)O1)C2(C)C)c1cccc(C)c1. The molecule has 1 aromatic carbocycles. The minimum Gasteiger partial charge on any atom is -0.448 e. The lowest BCUT2D eigenvalue weighted by Gasteiger charge is -2.38. The Balaban J connectivity index is 2.04. The van der Waals surface area contributed by atoms with Crippen molar-refractivity contribution in [2.75, 3.05) is 11.4 Å². The second kappa shape index (κ2) is 4.83. The van der Waals surface area contributed by atoms with E-state index in [1.54, 1.807) is 4.90 Å². The number of fused-ring (bicyclic) bond motifs is 2. The Bertz CT molecular complexity index is 681. The summed E-state index contributed by atoms with van der Waals surface area (Å²) in [6.07, 6.45) is 1.30. The monoisotopic (exact) mass is 315 g/mol. The molecule has 0 spiro atoms. The predicted octanol–water partition coefficient (Wildman–Crippen LogP) is 3.47. The van der Waals surface area contributed by atoms with E-state index < -0.39 is 16.4 Å². The van der Waals surface area contributed by atoms with Crippen molar-refractivity contribution in [3.63, 3.8) is 0 Å². The van der Waals surface area contributed by atoms with Crippen LogP contribution < -0.4 is 4.90 Å². The van der Waals surface area contributed by atoms with Crippen LogP contribution in [0, 0.1) is 17.8 Å². The summed E-state index contributed by atoms with van der Waals surface area (Å²) in [5, 5.41) is 0. The molecule has 0 radical (unpaired) electrons. The van der Waals surface area contributed by atoms with Gasteiger partial charge in [-0.15, -0.1) is 0 Å². The molecule has 0 aromatic heterocycles. The molecule has 124 valence electrons. The zero-order chi connectivity index (χ0) is 17.0. The molecule has 3 rings (SSSR count). The van der Waals surface area contributed by atoms with Crippen LogP contribution in [0.15, 0.2) is 24.3 Å². The van der Waals surface area contributed by atoms with Crippen LogP contribution in [0.3, 0.4) is 0 Å². The molecule has 1 saturated heterocycles. The van der Waals surface area contributed by atoms with Crippen molar-refractivity contribution in [3.8, 4) is 0 Å². The number of anilines is 1. The van der Waals surface area contributed by atoms with Crippen molar-refractivity contribution >= 4 is 17.6 Å². The van der Waals surface area contributed by atoms with Crippen LogP contribution in [0.5, 0.6) is 0 Å². The number of likely N-dealkylation sites (N-methyl/N-ethyl adjacent to an activating group) is 1. The number of carbonyl (C=O) groups is 2. The highest BCUT2D eigenvalue weighted by Gasteiger charge is 2.76. The van der Waals surface area contributed by atoms with Gasteiger partial charge in [-0.3, -0.25) is 9.59 Å². The molecule has 1 heterocycles. The van der Waals surface area contributed by atoms with Crippen LogP contribution in [0.4, 0.5) is 5.69 Å². The highest BCUT2D eigenvalue weighted by atomic mass is 16.6. The van der Waals surface area contributed by atoms with Gasteiger partial charge in [0.25, 0.3) is 5.91 Å². The van der Waals surface area contributed by atoms with Gasteiger partial charge in [0.1, 0.15) is 0 Å². The number of hydrogen-bond acceptors (Lipinski definition) is 3. The van der Waals surface area contributed by atoms with E-state index in [0.29, 0.717) is 19.4 Å². The summed E-state index contributed by atoms with van der Waals surface area (Å²) in [6.45, 7) is 10.4. The molecular weight excluding hydrogens is 290 g/mol. The van der Waals surface area contributed by atoms with E-state index in [4.69, 9.17) is 4.74 Å². The Morgan fingerprint density at radius 1 is 1.26 bits per heavy atom. The van der Waals surface area contributed by atoms with Crippen LogP contribution in [-0.4, -0.2) is 24.0 Å². The maximum atomic E-state index is 13.4. The first-order valence-electron chi connectivity index (χ1n) is 8.32.